The molecule has 0 bridgehead atoms. The van der Waals surface area contributed by atoms with Crippen molar-refractivity contribution < 1.29 is 9.47 Å². The van der Waals surface area contributed by atoms with Crippen molar-refractivity contribution in [3.8, 4) is 11.5 Å². The average molecular weight is 363 g/mol. The first-order valence-electron chi connectivity index (χ1n) is 9.32. The highest BCUT2D eigenvalue weighted by atomic mass is 16.5. The van der Waals surface area contributed by atoms with Gasteiger partial charge in [-0.1, -0.05) is 24.3 Å². The van der Waals surface area contributed by atoms with Gasteiger partial charge in [-0.2, -0.15) is 0 Å². The lowest BCUT2D eigenvalue weighted by molar-refractivity contribution is 0.192. The first-order valence-corrected chi connectivity index (χ1v) is 9.32. The van der Waals surface area contributed by atoms with Gasteiger partial charge in [-0.3, -0.25) is 9.88 Å². The molecule has 4 rings (SSSR count). The Kier molecular flexibility index (Phi) is 5.23. The van der Waals surface area contributed by atoms with Gasteiger partial charge in [-0.05, 0) is 24.3 Å². The first kappa shape index (κ1) is 17.8. The van der Waals surface area contributed by atoms with Crippen molar-refractivity contribution in [2.45, 2.75) is 6.04 Å². The molecule has 1 atom stereocenters. The lowest BCUT2D eigenvalue weighted by Gasteiger charge is -2.35. The van der Waals surface area contributed by atoms with Crippen LogP contribution in [0, 0.1) is 0 Å². The van der Waals surface area contributed by atoms with Crippen molar-refractivity contribution in [2.75, 3.05) is 40.4 Å². The van der Waals surface area contributed by atoms with Gasteiger partial charge in [-0.15, -0.1) is 0 Å². The maximum atomic E-state index is 5.72. The molecule has 2 heterocycles. The topological polar surface area (TPSA) is 46.6 Å². The van der Waals surface area contributed by atoms with E-state index in [-0.39, 0.29) is 6.04 Å². The molecule has 1 aliphatic heterocycles. The van der Waals surface area contributed by atoms with Gasteiger partial charge in [-0.25, -0.2) is 0 Å². The number of aromatic nitrogens is 1. The summed E-state index contributed by atoms with van der Waals surface area (Å²) in [4.78, 5) is 7.47. The summed E-state index contributed by atoms with van der Waals surface area (Å²) in [5.41, 5.74) is 3.17. The summed E-state index contributed by atoms with van der Waals surface area (Å²) in [7, 11) is 3.38. The smallest absolute Gasteiger partial charge is 0.127 e. The standard InChI is InChI=1S/C22H25N3O2/c1-26-17-8-9-18(21(15-17)27-2)22(25-13-11-23-12-14-25)20-10-7-16-5-3-4-6-19(16)24-20/h3-10,15,22-23H,11-14H2,1-2H3. The Morgan fingerprint density at radius 1 is 0.963 bits per heavy atom. The lowest BCUT2D eigenvalue weighted by atomic mass is 9.98. The van der Waals surface area contributed by atoms with Crippen molar-refractivity contribution in [1.29, 1.82) is 0 Å². The van der Waals surface area contributed by atoms with Gasteiger partial charge in [0.05, 0.1) is 31.5 Å². The molecule has 1 unspecified atom stereocenters. The fourth-order valence-electron chi connectivity index (χ4n) is 3.76. The Morgan fingerprint density at radius 3 is 2.56 bits per heavy atom. The number of hydrogen-bond acceptors (Lipinski definition) is 5. The Labute approximate surface area is 159 Å². The van der Waals surface area contributed by atoms with Gasteiger partial charge < -0.3 is 14.8 Å². The second-order valence-corrected chi connectivity index (χ2v) is 6.73. The summed E-state index contributed by atoms with van der Waals surface area (Å²) in [5.74, 6) is 1.62. The predicted octanol–water partition coefficient (Wildman–Crippen LogP) is 3.25. The minimum absolute atomic E-state index is 0.0394. The third kappa shape index (κ3) is 3.61. The van der Waals surface area contributed by atoms with Gasteiger partial charge in [0.2, 0.25) is 0 Å². The van der Waals surface area contributed by atoms with E-state index in [2.05, 4.69) is 40.5 Å². The molecule has 1 aliphatic rings. The largest absolute Gasteiger partial charge is 0.497 e. The number of para-hydroxylation sites is 1. The number of ether oxygens (including phenoxy) is 2. The van der Waals surface area contributed by atoms with Gasteiger partial charge in [0.1, 0.15) is 11.5 Å². The predicted molar refractivity (Wildman–Crippen MR) is 108 cm³/mol. The van der Waals surface area contributed by atoms with E-state index in [1.807, 2.05) is 24.3 Å². The highest BCUT2D eigenvalue weighted by Crippen LogP contribution is 2.36. The maximum Gasteiger partial charge on any atom is 0.127 e. The fraction of sp³-hybridized carbons (Fsp3) is 0.318. The third-order valence-electron chi connectivity index (χ3n) is 5.15. The van der Waals surface area contributed by atoms with E-state index in [1.165, 1.54) is 0 Å². The van der Waals surface area contributed by atoms with E-state index in [0.717, 1.165) is 59.8 Å². The molecule has 1 fully saturated rings. The number of methoxy groups -OCH3 is 2. The molecule has 0 saturated carbocycles. The Bertz CT molecular complexity index is 922. The summed E-state index contributed by atoms with van der Waals surface area (Å²) >= 11 is 0. The van der Waals surface area contributed by atoms with E-state index in [4.69, 9.17) is 14.5 Å². The molecule has 0 radical (unpaired) electrons. The molecule has 27 heavy (non-hydrogen) atoms. The number of rotatable bonds is 5. The second kappa shape index (κ2) is 7.94. The molecule has 5 nitrogen and oxygen atoms in total. The van der Waals surface area contributed by atoms with E-state index in [1.54, 1.807) is 14.2 Å². The number of pyridine rings is 1. The Balaban J connectivity index is 1.83. The lowest BCUT2D eigenvalue weighted by Crippen LogP contribution is -2.45. The molecule has 3 aromatic rings. The average Bonchev–Trinajstić information content (AvgIpc) is 2.75. The summed E-state index contributed by atoms with van der Waals surface area (Å²) in [5, 5.41) is 4.59. The number of piperazine rings is 1. The number of fused-ring (bicyclic) bond motifs is 1. The molecule has 1 N–H and O–H groups in total. The van der Waals surface area contributed by atoms with Crippen molar-refractivity contribution >= 4 is 10.9 Å². The van der Waals surface area contributed by atoms with Crippen molar-refractivity contribution in [1.82, 2.24) is 15.2 Å². The summed E-state index contributed by atoms with van der Waals surface area (Å²) < 4.78 is 11.1. The maximum absolute atomic E-state index is 5.72. The van der Waals surface area contributed by atoms with Crippen LogP contribution in [-0.4, -0.2) is 50.3 Å². The van der Waals surface area contributed by atoms with Crippen molar-refractivity contribution in [3.05, 3.63) is 65.9 Å². The zero-order chi connectivity index (χ0) is 18.6. The first-order chi connectivity index (χ1) is 13.3. The molecular formula is C22H25N3O2. The fourth-order valence-corrected chi connectivity index (χ4v) is 3.76. The summed E-state index contributed by atoms with van der Waals surface area (Å²) in [6.45, 7) is 3.88. The highest BCUT2D eigenvalue weighted by Gasteiger charge is 2.28. The minimum atomic E-state index is 0.0394. The molecular weight excluding hydrogens is 338 g/mol. The monoisotopic (exact) mass is 363 g/mol. The van der Waals surface area contributed by atoms with Crippen LogP contribution in [-0.2, 0) is 0 Å². The zero-order valence-corrected chi connectivity index (χ0v) is 15.8. The Hall–Kier alpha value is -2.63. The van der Waals surface area contributed by atoms with Crippen molar-refractivity contribution in [2.24, 2.45) is 0 Å². The van der Waals surface area contributed by atoms with Crippen molar-refractivity contribution in [3.63, 3.8) is 0 Å². The molecule has 140 valence electrons. The van der Waals surface area contributed by atoms with Crippen LogP contribution >= 0.6 is 0 Å². The second-order valence-electron chi connectivity index (χ2n) is 6.73. The van der Waals surface area contributed by atoms with Crippen LogP contribution in [0.3, 0.4) is 0 Å². The highest BCUT2D eigenvalue weighted by molar-refractivity contribution is 5.78. The van der Waals surface area contributed by atoms with E-state index in [9.17, 15) is 0 Å². The molecule has 0 aliphatic carbocycles. The van der Waals surface area contributed by atoms with Crippen LogP contribution in [0.5, 0.6) is 11.5 Å². The minimum Gasteiger partial charge on any atom is -0.497 e. The molecule has 0 spiro atoms. The normalized spacial score (nSPS) is 16.2. The van der Waals surface area contributed by atoms with Gasteiger partial charge in [0, 0.05) is 43.2 Å². The van der Waals surface area contributed by atoms with Crippen LogP contribution in [0.2, 0.25) is 0 Å². The van der Waals surface area contributed by atoms with E-state index in [0.29, 0.717) is 0 Å². The number of nitrogens with zero attached hydrogens (tertiary/aromatic N) is 2. The third-order valence-corrected chi connectivity index (χ3v) is 5.15. The molecule has 1 saturated heterocycles. The number of benzene rings is 2. The van der Waals surface area contributed by atoms with E-state index >= 15 is 0 Å². The summed E-state index contributed by atoms with van der Waals surface area (Å²) in [6.07, 6.45) is 0. The molecule has 1 aromatic heterocycles. The molecule has 0 amide bonds. The Morgan fingerprint density at radius 2 is 1.78 bits per heavy atom. The van der Waals surface area contributed by atoms with Gasteiger partial charge in [0.15, 0.2) is 0 Å². The van der Waals surface area contributed by atoms with Crippen LogP contribution in [0.1, 0.15) is 17.3 Å². The number of nitrogens with one attached hydrogen (secondary N) is 1. The van der Waals surface area contributed by atoms with Crippen LogP contribution in [0.4, 0.5) is 0 Å². The van der Waals surface area contributed by atoms with Gasteiger partial charge in [0.25, 0.3) is 0 Å². The van der Waals surface area contributed by atoms with Crippen LogP contribution in [0.25, 0.3) is 10.9 Å². The van der Waals surface area contributed by atoms with Crippen LogP contribution in [0.15, 0.2) is 54.6 Å². The summed E-state index contributed by atoms with van der Waals surface area (Å²) in [6, 6.07) is 18.6. The van der Waals surface area contributed by atoms with Crippen LogP contribution < -0.4 is 14.8 Å². The zero-order valence-electron chi connectivity index (χ0n) is 15.8. The molecule has 2 aromatic carbocycles. The molecule has 5 heteroatoms. The van der Waals surface area contributed by atoms with Gasteiger partial charge >= 0.3 is 0 Å². The SMILES string of the molecule is COc1ccc(C(c2ccc3ccccc3n2)N2CCNCC2)c(OC)c1. The number of hydrogen-bond donors (Lipinski definition) is 1. The quantitative estimate of drug-likeness (QED) is 0.754. The van der Waals surface area contributed by atoms with E-state index < -0.39 is 0 Å².